The molecule has 1 aliphatic heterocycles. The van der Waals surface area contributed by atoms with Gasteiger partial charge in [-0.15, -0.1) is 0 Å². The van der Waals surface area contributed by atoms with E-state index in [0.717, 1.165) is 28.3 Å². The molecular formula is C19H26N2O6S. The number of esters is 1. The molecule has 1 saturated carbocycles. The molecule has 1 aromatic rings. The summed E-state index contributed by atoms with van der Waals surface area (Å²) in [5.74, 6) is -1.24. The van der Waals surface area contributed by atoms with Gasteiger partial charge in [0.05, 0.1) is 11.0 Å². The number of carbonyl (C=O) groups excluding carboxylic acids is 2. The fraction of sp³-hybridized carbons (Fsp3) is 0.579. The lowest BCUT2D eigenvalue weighted by Crippen LogP contribution is -2.44. The molecule has 0 bridgehead atoms. The van der Waals surface area contributed by atoms with Gasteiger partial charge in [-0.1, -0.05) is 6.07 Å². The average Bonchev–Trinajstić information content (AvgIpc) is 3.34. The van der Waals surface area contributed by atoms with Gasteiger partial charge in [0.15, 0.2) is 6.10 Å². The van der Waals surface area contributed by atoms with Gasteiger partial charge < -0.3 is 15.2 Å². The number of nitrogens with zero attached hydrogens (tertiary/aromatic N) is 1. The third-order valence-corrected chi connectivity index (χ3v) is 7.05. The number of ether oxygens (including phenoxy) is 1. The fourth-order valence-corrected chi connectivity index (χ4v) is 4.84. The van der Waals surface area contributed by atoms with Crippen molar-refractivity contribution < 1.29 is 27.9 Å². The Morgan fingerprint density at radius 2 is 1.93 bits per heavy atom. The zero-order chi connectivity index (χ0) is 20.6. The zero-order valence-corrected chi connectivity index (χ0v) is 17.0. The molecule has 3 atom stereocenters. The average molecular weight is 410 g/mol. The monoisotopic (exact) mass is 410 g/mol. The molecule has 1 aliphatic carbocycles. The van der Waals surface area contributed by atoms with Crippen molar-refractivity contribution in [2.24, 2.45) is 0 Å². The smallest absolute Gasteiger partial charge is 0.325 e. The van der Waals surface area contributed by atoms with Crippen LogP contribution in [0.1, 0.15) is 37.3 Å². The number of hydrogen-bond donors (Lipinski definition) is 2. The van der Waals surface area contributed by atoms with Crippen LogP contribution in [0.25, 0.3) is 0 Å². The maximum Gasteiger partial charge on any atom is 0.325 e. The van der Waals surface area contributed by atoms with Crippen molar-refractivity contribution in [3.05, 3.63) is 29.3 Å². The van der Waals surface area contributed by atoms with Crippen molar-refractivity contribution in [1.29, 1.82) is 0 Å². The summed E-state index contributed by atoms with van der Waals surface area (Å²) in [5.41, 5.74) is 1.76. The molecule has 0 spiro atoms. The molecule has 0 radical (unpaired) electrons. The van der Waals surface area contributed by atoms with E-state index in [2.05, 4.69) is 5.32 Å². The lowest BCUT2D eigenvalue weighted by atomic mass is 10.1. The van der Waals surface area contributed by atoms with E-state index in [1.54, 1.807) is 19.1 Å². The molecule has 2 fully saturated rings. The van der Waals surface area contributed by atoms with Gasteiger partial charge in [0, 0.05) is 19.0 Å². The van der Waals surface area contributed by atoms with Crippen LogP contribution in [0.3, 0.4) is 0 Å². The first-order valence-electron chi connectivity index (χ1n) is 9.37. The minimum atomic E-state index is -4.00. The summed E-state index contributed by atoms with van der Waals surface area (Å²) >= 11 is 0. The predicted molar refractivity (Wildman–Crippen MR) is 101 cm³/mol. The number of sulfonamides is 1. The molecule has 8 nitrogen and oxygen atoms in total. The summed E-state index contributed by atoms with van der Waals surface area (Å²) in [5, 5.41) is 12.7. The molecule has 3 unspecified atom stereocenters. The standard InChI is InChI=1S/C19H26N2O6S/c1-11-4-7-16(8-12(11)2)28(25,26)21-10-15(22)9-17(21)19(24)27-13(3)18(23)20-14-5-6-14/h4,7-8,13-15,17,22H,5-6,9-10H2,1-3H3,(H,20,23). The van der Waals surface area contributed by atoms with Crippen molar-refractivity contribution in [2.45, 2.75) is 69.2 Å². The van der Waals surface area contributed by atoms with Gasteiger partial charge in [-0.05, 0) is 56.9 Å². The van der Waals surface area contributed by atoms with E-state index in [1.165, 1.54) is 13.0 Å². The molecule has 1 amide bonds. The summed E-state index contributed by atoms with van der Waals surface area (Å²) in [4.78, 5) is 24.7. The first kappa shape index (κ1) is 20.8. The van der Waals surface area contributed by atoms with Crippen molar-refractivity contribution in [1.82, 2.24) is 9.62 Å². The van der Waals surface area contributed by atoms with Gasteiger partial charge in [-0.3, -0.25) is 9.59 Å². The van der Waals surface area contributed by atoms with Gasteiger partial charge in [-0.2, -0.15) is 4.31 Å². The van der Waals surface area contributed by atoms with E-state index in [0.29, 0.717) is 0 Å². The summed E-state index contributed by atoms with van der Waals surface area (Å²) in [6.45, 7) is 4.93. The Hall–Kier alpha value is -1.97. The third-order valence-electron chi connectivity index (χ3n) is 5.18. The van der Waals surface area contributed by atoms with Crippen LogP contribution in [0, 0.1) is 13.8 Å². The second-order valence-electron chi connectivity index (χ2n) is 7.59. The molecule has 154 valence electrons. The second kappa shape index (κ2) is 7.81. The molecule has 9 heteroatoms. The maximum absolute atomic E-state index is 13.1. The van der Waals surface area contributed by atoms with Crippen LogP contribution in [-0.2, 0) is 24.3 Å². The Balaban J connectivity index is 1.76. The van der Waals surface area contributed by atoms with Crippen molar-refractivity contribution in [2.75, 3.05) is 6.54 Å². The number of aliphatic hydroxyl groups is 1. The number of nitrogens with one attached hydrogen (secondary N) is 1. The normalized spacial score (nSPS) is 24.0. The van der Waals surface area contributed by atoms with Crippen LogP contribution in [-0.4, -0.2) is 60.5 Å². The Kier molecular flexibility index (Phi) is 5.79. The number of aliphatic hydroxyl groups excluding tert-OH is 1. The predicted octanol–water partition coefficient (Wildman–Crippen LogP) is 0.638. The van der Waals surface area contributed by atoms with Crippen LogP contribution in [0.4, 0.5) is 0 Å². The number of hydrogen-bond acceptors (Lipinski definition) is 6. The van der Waals surface area contributed by atoms with E-state index in [9.17, 15) is 23.1 Å². The van der Waals surface area contributed by atoms with Crippen LogP contribution >= 0.6 is 0 Å². The molecule has 3 rings (SSSR count). The Labute approximate surface area is 164 Å². The number of rotatable bonds is 6. The molecule has 2 aliphatic rings. The first-order chi connectivity index (χ1) is 13.1. The summed E-state index contributed by atoms with van der Waals surface area (Å²) in [7, 11) is -4.00. The highest BCUT2D eigenvalue weighted by atomic mass is 32.2. The Bertz CT molecular complexity index is 880. The third kappa shape index (κ3) is 4.37. The van der Waals surface area contributed by atoms with Crippen molar-refractivity contribution >= 4 is 21.9 Å². The molecule has 28 heavy (non-hydrogen) atoms. The first-order valence-corrected chi connectivity index (χ1v) is 10.8. The minimum Gasteiger partial charge on any atom is -0.451 e. The van der Waals surface area contributed by atoms with Crippen molar-refractivity contribution in [3.8, 4) is 0 Å². The number of carbonyl (C=O) groups is 2. The highest BCUT2D eigenvalue weighted by Crippen LogP contribution is 2.28. The summed E-state index contributed by atoms with van der Waals surface area (Å²) < 4.78 is 32.3. The van der Waals surface area contributed by atoms with Crippen LogP contribution < -0.4 is 5.32 Å². The largest absolute Gasteiger partial charge is 0.451 e. The molecule has 1 heterocycles. The van der Waals surface area contributed by atoms with E-state index in [4.69, 9.17) is 4.74 Å². The SMILES string of the molecule is Cc1ccc(S(=O)(=O)N2CC(O)CC2C(=O)OC(C)C(=O)NC2CC2)cc1C. The molecule has 0 aromatic heterocycles. The molecule has 1 aromatic carbocycles. The van der Waals surface area contributed by atoms with Gasteiger partial charge in [0.2, 0.25) is 10.0 Å². The van der Waals surface area contributed by atoms with Gasteiger partial charge in [0.1, 0.15) is 6.04 Å². The Morgan fingerprint density at radius 3 is 2.54 bits per heavy atom. The van der Waals surface area contributed by atoms with E-state index >= 15 is 0 Å². The zero-order valence-electron chi connectivity index (χ0n) is 16.2. The van der Waals surface area contributed by atoms with Crippen LogP contribution in [0.15, 0.2) is 23.1 Å². The van der Waals surface area contributed by atoms with Gasteiger partial charge >= 0.3 is 5.97 Å². The van der Waals surface area contributed by atoms with Crippen molar-refractivity contribution in [3.63, 3.8) is 0 Å². The fourth-order valence-electron chi connectivity index (χ4n) is 3.13. The second-order valence-corrected chi connectivity index (χ2v) is 9.48. The summed E-state index contributed by atoms with van der Waals surface area (Å²) in [6.07, 6.45) is -0.266. The molecule has 1 saturated heterocycles. The van der Waals surface area contributed by atoms with Crippen LogP contribution in [0.5, 0.6) is 0 Å². The Morgan fingerprint density at radius 1 is 1.25 bits per heavy atom. The topological polar surface area (TPSA) is 113 Å². The molecular weight excluding hydrogens is 384 g/mol. The number of aryl methyl sites for hydroxylation is 2. The quantitative estimate of drug-likeness (QED) is 0.666. The number of β-amino-alcohol motifs (C(OH)–C–C–N with tert-alkyl or cyclic N) is 1. The summed E-state index contributed by atoms with van der Waals surface area (Å²) in [6, 6.07) is 3.69. The minimum absolute atomic E-state index is 0.0574. The highest BCUT2D eigenvalue weighted by Gasteiger charge is 2.45. The van der Waals surface area contributed by atoms with Gasteiger partial charge in [0.25, 0.3) is 5.91 Å². The number of amides is 1. The lowest BCUT2D eigenvalue weighted by molar-refractivity contribution is -0.158. The highest BCUT2D eigenvalue weighted by molar-refractivity contribution is 7.89. The molecule has 2 N–H and O–H groups in total. The van der Waals surface area contributed by atoms with E-state index in [1.807, 2.05) is 6.92 Å². The van der Waals surface area contributed by atoms with E-state index < -0.39 is 40.1 Å². The van der Waals surface area contributed by atoms with Gasteiger partial charge in [-0.25, -0.2) is 8.42 Å². The van der Waals surface area contributed by atoms with Crippen LogP contribution in [0.2, 0.25) is 0 Å². The number of benzene rings is 1. The lowest BCUT2D eigenvalue weighted by Gasteiger charge is -2.24. The maximum atomic E-state index is 13.1. The van der Waals surface area contributed by atoms with E-state index in [-0.39, 0.29) is 23.9 Å².